The van der Waals surface area contributed by atoms with Gasteiger partial charge in [0.25, 0.3) is 5.91 Å². The molecule has 0 spiro atoms. The second-order valence-electron chi connectivity index (χ2n) is 11.5. The molecule has 0 aromatic heterocycles. The minimum atomic E-state index is -4.51. The molecule has 1 N–H and O–H groups in total. The van der Waals surface area contributed by atoms with Crippen LogP contribution in [0.2, 0.25) is 0 Å². The van der Waals surface area contributed by atoms with Crippen molar-refractivity contribution in [2.75, 3.05) is 20.1 Å². The molecule has 1 unspecified atom stereocenters. The fraction of sp³-hybridized carbons (Fsp3) is 0.405. The number of nitrogens with zero attached hydrogens (tertiary/aromatic N) is 1. The number of nitrogens with one attached hydrogen (secondary N) is 1. The fourth-order valence-corrected chi connectivity index (χ4v) is 5.35. The molecule has 2 aromatic rings. The van der Waals surface area contributed by atoms with Crippen molar-refractivity contribution in [3.63, 3.8) is 0 Å². The first kappa shape index (κ1) is 39.1. The van der Waals surface area contributed by atoms with Gasteiger partial charge in [-0.3, -0.25) is 9.59 Å². The summed E-state index contributed by atoms with van der Waals surface area (Å²) in [6, 6.07) is 9.91. The molecular weight excluding hydrogens is 618 g/mol. The number of hydrogen-bond donors (Lipinski definition) is 1. The van der Waals surface area contributed by atoms with Crippen molar-refractivity contribution in [1.82, 2.24) is 10.2 Å². The number of amides is 1. The van der Waals surface area contributed by atoms with Crippen LogP contribution in [0.5, 0.6) is 0 Å². The van der Waals surface area contributed by atoms with Gasteiger partial charge in [0.05, 0.1) is 0 Å². The number of carbonyl (C=O) groups is 2. The Balaban J connectivity index is 2.08. The number of alkyl halides is 6. The average molecular weight is 663 g/mol. The molecule has 0 radical (unpaired) electrons. The van der Waals surface area contributed by atoms with Crippen LogP contribution in [0.3, 0.4) is 0 Å². The van der Waals surface area contributed by atoms with E-state index in [-0.39, 0.29) is 17.3 Å². The zero-order chi connectivity index (χ0) is 35.4. The van der Waals surface area contributed by atoms with Crippen LogP contribution in [0.25, 0.3) is 18.4 Å². The number of halogens is 6. The molecule has 1 atom stereocenters. The van der Waals surface area contributed by atoms with E-state index >= 15 is 0 Å². The van der Waals surface area contributed by atoms with Gasteiger partial charge in [-0.1, -0.05) is 82.0 Å². The smallest absolute Gasteiger partial charge is 0.380 e. The van der Waals surface area contributed by atoms with E-state index in [1.54, 1.807) is 43.3 Å². The monoisotopic (exact) mass is 662 g/mol. The van der Waals surface area contributed by atoms with Gasteiger partial charge < -0.3 is 10.2 Å². The third kappa shape index (κ3) is 12.6. The molecule has 47 heavy (non-hydrogen) atoms. The van der Waals surface area contributed by atoms with Crippen LogP contribution in [0.15, 0.2) is 66.8 Å². The Morgan fingerprint density at radius 1 is 0.957 bits per heavy atom. The predicted molar refractivity (Wildman–Crippen MR) is 177 cm³/mol. The van der Waals surface area contributed by atoms with E-state index in [1.165, 1.54) is 12.1 Å². The topological polar surface area (TPSA) is 49.4 Å². The lowest BCUT2D eigenvalue weighted by Crippen LogP contribution is -2.38. The van der Waals surface area contributed by atoms with Crippen molar-refractivity contribution in [3.05, 3.63) is 99.5 Å². The van der Waals surface area contributed by atoms with Crippen LogP contribution in [0.1, 0.15) is 84.7 Å². The van der Waals surface area contributed by atoms with Crippen LogP contribution in [-0.4, -0.2) is 49.1 Å². The van der Waals surface area contributed by atoms with Crippen molar-refractivity contribution < 1.29 is 35.9 Å². The summed E-state index contributed by atoms with van der Waals surface area (Å²) in [6.07, 6.45) is 0.936. The van der Waals surface area contributed by atoms with Gasteiger partial charge in [-0.2, -0.15) is 26.3 Å². The van der Waals surface area contributed by atoms with Crippen molar-refractivity contribution >= 4 is 30.0 Å². The number of hydrogen-bond acceptors (Lipinski definition) is 3. The minimum Gasteiger partial charge on any atom is -0.380 e. The zero-order valence-electron chi connectivity index (χ0n) is 27.5. The number of carbonyl (C=O) groups excluding carboxylic acids is 2. The first-order chi connectivity index (χ1) is 22.0. The minimum absolute atomic E-state index is 0.0235. The predicted octanol–water partition coefficient (Wildman–Crippen LogP) is 8.17. The SMILES string of the molecule is C=C(/C=C\C(=C/C)c1ccc(C(=O)CCCC(CCC)CN(C)/C=c2/c(CC)c(C(=O)NCC(F)(F)F)ccc2=C)cc1)C(F)(F)F. The molecule has 0 saturated carbocycles. The molecule has 0 aliphatic heterocycles. The van der Waals surface area contributed by atoms with Crippen molar-refractivity contribution in [2.45, 2.75) is 71.6 Å². The van der Waals surface area contributed by atoms with Gasteiger partial charge >= 0.3 is 12.4 Å². The molecule has 0 aliphatic carbocycles. The third-order valence-corrected chi connectivity index (χ3v) is 7.78. The lowest BCUT2D eigenvalue weighted by atomic mass is 9.94. The molecule has 256 valence electrons. The molecule has 1 amide bonds. The molecule has 0 heterocycles. The standard InChI is InChI=1S/C37H44F6N2O2/c1-7-11-27(22-45(6)23-33-25(4)14-21-32(31(33)9-3)35(47)44-24-36(38,39)40)12-10-13-34(46)30-19-17-29(18-20-30)28(8-2)16-15-26(5)37(41,42)43/h8,14-21,23,27H,4-5,7,9-13,22,24H2,1-3,6H3,(H,44,47)/b16-15-,28-8+,33-23+. The Labute approximate surface area is 273 Å². The maximum absolute atomic E-state index is 12.9. The van der Waals surface area contributed by atoms with E-state index < -0.39 is 30.4 Å². The third-order valence-electron chi connectivity index (χ3n) is 7.78. The Bertz CT molecular complexity index is 1550. The Morgan fingerprint density at radius 2 is 1.60 bits per heavy atom. The van der Waals surface area contributed by atoms with Crippen LogP contribution >= 0.6 is 0 Å². The molecule has 0 saturated heterocycles. The van der Waals surface area contributed by atoms with Crippen molar-refractivity contribution in [2.24, 2.45) is 5.92 Å². The van der Waals surface area contributed by atoms with Crippen LogP contribution in [-0.2, 0) is 6.42 Å². The van der Waals surface area contributed by atoms with E-state index in [0.29, 0.717) is 58.5 Å². The maximum Gasteiger partial charge on any atom is 0.415 e. The molecule has 2 aromatic carbocycles. The highest BCUT2D eigenvalue weighted by Crippen LogP contribution is 2.27. The summed E-state index contributed by atoms with van der Waals surface area (Å²) in [7, 11) is 1.90. The van der Waals surface area contributed by atoms with Gasteiger partial charge in [-0.05, 0) is 66.5 Å². The number of benzene rings is 2. The molecule has 2 rings (SSSR count). The van der Waals surface area contributed by atoms with E-state index in [2.05, 4.69) is 20.1 Å². The first-order valence-corrected chi connectivity index (χ1v) is 15.6. The Morgan fingerprint density at radius 3 is 2.15 bits per heavy atom. The van der Waals surface area contributed by atoms with Crippen LogP contribution < -0.4 is 15.8 Å². The van der Waals surface area contributed by atoms with Crippen molar-refractivity contribution in [3.8, 4) is 0 Å². The van der Waals surface area contributed by atoms with Crippen LogP contribution in [0, 0.1) is 5.92 Å². The largest absolute Gasteiger partial charge is 0.415 e. The van der Waals surface area contributed by atoms with Gasteiger partial charge in [0.2, 0.25) is 0 Å². The fourth-order valence-electron chi connectivity index (χ4n) is 5.35. The van der Waals surface area contributed by atoms with Gasteiger partial charge in [-0.25, -0.2) is 0 Å². The second-order valence-corrected chi connectivity index (χ2v) is 11.5. The zero-order valence-corrected chi connectivity index (χ0v) is 27.5. The molecule has 0 bridgehead atoms. The van der Waals surface area contributed by atoms with Gasteiger partial charge in [-0.15, -0.1) is 0 Å². The lowest BCUT2D eigenvalue weighted by Gasteiger charge is -2.23. The normalized spacial score (nSPS) is 13.6. The van der Waals surface area contributed by atoms with Crippen LogP contribution in [0.4, 0.5) is 26.3 Å². The maximum atomic E-state index is 12.9. The highest BCUT2D eigenvalue weighted by molar-refractivity contribution is 5.96. The highest BCUT2D eigenvalue weighted by Gasteiger charge is 2.30. The quantitative estimate of drug-likeness (QED) is 0.112. The van der Waals surface area contributed by atoms with Gasteiger partial charge in [0, 0.05) is 48.1 Å². The summed E-state index contributed by atoms with van der Waals surface area (Å²) < 4.78 is 76.3. The van der Waals surface area contributed by atoms with Crippen molar-refractivity contribution in [1.29, 1.82) is 0 Å². The summed E-state index contributed by atoms with van der Waals surface area (Å²) in [6.45, 7) is 12.0. The molecule has 4 nitrogen and oxygen atoms in total. The Kier molecular flexibility index (Phi) is 14.8. The first-order valence-electron chi connectivity index (χ1n) is 15.6. The molecule has 0 aliphatic rings. The van der Waals surface area contributed by atoms with Gasteiger partial charge in [0.1, 0.15) is 6.54 Å². The van der Waals surface area contributed by atoms with E-state index in [0.717, 1.165) is 25.3 Å². The number of allylic oxidation sites excluding steroid dienone is 5. The molecular formula is C37H44F6N2O2. The number of ketones is 1. The van der Waals surface area contributed by atoms with Gasteiger partial charge in [0.15, 0.2) is 5.78 Å². The number of rotatable bonds is 16. The second kappa shape index (κ2) is 17.7. The van der Waals surface area contributed by atoms with E-state index in [4.69, 9.17) is 0 Å². The molecule has 10 heteroatoms. The Hall–Kier alpha value is -4.08. The summed E-state index contributed by atoms with van der Waals surface area (Å²) in [4.78, 5) is 27.5. The lowest BCUT2D eigenvalue weighted by molar-refractivity contribution is -0.123. The summed E-state index contributed by atoms with van der Waals surface area (Å²) in [5.41, 5.74) is 1.64. The number of Topliss-reactive ketones (excluding diaryl/α,β-unsaturated/α-hetero) is 1. The summed E-state index contributed by atoms with van der Waals surface area (Å²) in [5, 5.41) is 3.31. The summed E-state index contributed by atoms with van der Waals surface area (Å²) in [5.74, 6) is -0.542. The summed E-state index contributed by atoms with van der Waals surface area (Å²) >= 11 is 0. The average Bonchev–Trinajstić information content (AvgIpc) is 3.00. The van der Waals surface area contributed by atoms with E-state index in [1.807, 2.05) is 30.4 Å². The molecule has 0 fully saturated rings. The highest BCUT2D eigenvalue weighted by atomic mass is 19.4. The van der Waals surface area contributed by atoms with E-state index in [9.17, 15) is 35.9 Å².